The number of rotatable bonds is 7. The fourth-order valence-electron chi connectivity index (χ4n) is 3.47. The molecule has 1 aliphatic heterocycles. The van der Waals surface area contributed by atoms with E-state index < -0.39 is 26.2 Å². The minimum absolute atomic E-state index is 0.0285. The Balaban J connectivity index is 1.67. The average molecular weight is 515 g/mol. The van der Waals surface area contributed by atoms with E-state index in [2.05, 4.69) is 10.0 Å². The Kier molecular flexibility index (Phi) is 7.69. The van der Waals surface area contributed by atoms with Gasteiger partial charge in [0.1, 0.15) is 0 Å². The highest BCUT2D eigenvalue weighted by molar-refractivity contribution is 7.92. The first kappa shape index (κ1) is 25.4. The zero-order valence-electron chi connectivity index (χ0n) is 18.6. The summed E-state index contributed by atoms with van der Waals surface area (Å²) in [6.45, 7) is 2.24. The Labute approximate surface area is 200 Å². The lowest BCUT2D eigenvalue weighted by molar-refractivity contribution is -0.120. The highest BCUT2D eigenvalue weighted by Crippen LogP contribution is 2.25. The molecule has 0 aromatic heterocycles. The molecule has 0 radical (unpaired) electrons. The molecule has 1 saturated heterocycles. The summed E-state index contributed by atoms with van der Waals surface area (Å²) in [7, 11) is -4.53. The third-order valence-electron chi connectivity index (χ3n) is 5.42. The van der Waals surface area contributed by atoms with Gasteiger partial charge in [0.05, 0.1) is 16.5 Å². The number of sulfonamides is 1. The van der Waals surface area contributed by atoms with Crippen LogP contribution in [0.1, 0.15) is 18.4 Å². The maximum Gasteiger partial charge on any atom is 0.281 e. The number of hydrogen-bond donors (Lipinski definition) is 2. The van der Waals surface area contributed by atoms with Gasteiger partial charge in [0, 0.05) is 37.9 Å². The van der Waals surface area contributed by atoms with Gasteiger partial charge < -0.3 is 5.32 Å². The first-order valence-electron chi connectivity index (χ1n) is 10.3. The smallest absolute Gasteiger partial charge is 0.281 e. The SMILES string of the molecule is Cc1ccc(Cl)cc1NS(=O)(=O)c1ccc(NC(=O)C2CCCN(S(=O)(=O)N(C)C)C2)cc1. The number of nitrogens with one attached hydrogen (secondary N) is 2. The van der Waals surface area contributed by atoms with Gasteiger partial charge in [-0.3, -0.25) is 9.52 Å². The molecule has 0 saturated carbocycles. The third kappa shape index (κ3) is 6.04. The molecule has 2 aromatic carbocycles. The highest BCUT2D eigenvalue weighted by Gasteiger charge is 2.33. The van der Waals surface area contributed by atoms with Crippen LogP contribution in [-0.2, 0) is 25.0 Å². The third-order valence-corrected chi connectivity index (χ3v) is 8.94. The van der Waals surface area contributed by atoms with Crippen molar-refractivity contribution in [3.63, 3.8) is 0 Å². The summed E-state index contributed by atoms with van der Waals surface area (Å²) in [6, 6.07) is 10.7. The lowest BCUT2D eigenvalue weighted by atomic mass is 9.99. The molecule has 1 heterocycles. The van der Waals surface area contributed by atoms with E-state index in [0.717, 1.165) is 9.87 Å². The molecule has 1 unspecified atom stereocenters. The Morgan fingerprint density at radius 3 is 2.39 bits per heavy atom. The summed E-state index contributed by atoms with van der Waals surface area (Å²) >= 11 is 5.96. The zero-order valence-corrected chi connectivity index (χ0v) is 21.0. The van der Waals surface area contributed by atoms with Gasteiger partial charge in [-0.2, -0.15) is 17.0 Å². The second-order valence-electron chi connectivity index (χ2n) is 8.07. The van der Waals surface area contributed by atoms with Crippen LogP contribution in [-0.4, -0.2) is 58.5 Å². The molecular formula is C21H27ClN4O5S2. The molecule has 1 atom stereocenters. The van der Waals surface area contributed by atoms with E-state index in [1.807, 2.05) is 0 Å². The van der Waals surface area contributed by atoms with Gasteiger partial charge in [-0.05, 0) is 61.7 Å². The van der Waals surface area contributed by atoms with Crippen molar-refractivity contribution in [2.75, 3.05) is 37.2 Å². The lowest BCUT2D eigenvalue weighted by Gasteiger charge is -2.32. The Bertz CT molecular complexity index is 1230. The standard InChI is InChI=1S/C21H27ClN4O5S2/c1-15-6-7-17(22)13-20(15)24-32(28,29)19-10-8-18(9-11-19)23-21(27)16-5-4-12-26(14-16)33(30,31)25(2)3/h6-11,13,16,24H,4-5,12,14H2,1-3H3,(H,23,27). The highest BCUT2D eigenvalue weighted by atomic mass is 35.5. The number of nitrogens with zero attached hydrogens (tertiary/aromatic N) is 2. The molecule has 1 amide bonds. The summed E-state index contributed by atoms with van der Waals surface area (Å²) in [4.78, 5) is 12.7. The quantitative estimate of drug-likeness (QED) is 0.589. The van der Waals surface area contributed by atoms with Crippen molar-refractivity contribution in [1.82, 2.24) is 8.61 Å². The van der Waals surface area contributed by atoms with E-state index in [-0.39, 0.29) is 17.3 Å². The molecule has 0 spiro atoms. The summed E-state index contributed by atoms with van der Waals surface area (Å²) < 4.78 is 55.1. The van der Waals surface area contributed by atoms with Crippen LogP contribution in [0.4, 0.5) is 11.4 Å². The van der Waals surface area contributed by atoms with Gasteiger partial charge in [-0.25, -0.2) is 8.42 Å². The molecule has 2 aromatic rings. The van der Waals surface area contributed by atoms with Gasteiger partial charge in [0.25, 0.3) is 20.2 Å². The first-order valence-corrected chi connectivity index (χ1v) is 13.5. The summed E-state index contributed by atoms with van der Waals surface area (Å²) in [6.07, 6.45) is 1.15. The molecule has 9 nitrogen and oxygen atoms in total. The number of amides is 1. The van der Waals surface area contributed by atoms with Crippen molar-refractivity contribution in [3.05, 3.63) is 53.1 Å². The predicted molar refractivity (Wildman–Crippen MR) is 129 cm³/mol. The maximum atomic E-state index is 12.7. The number of hydrogen-bond acceptors (Lipinski definition) is 5. The van der Waals surface area contributed by atoms with Crippen LogP contribution in [0.2, 0.25) is 5.02 Å². The number of piperidine rings is 1. The van der Waals surface area contributed by atoms with Crippen molar-refractivity contribution in [3.8, 4) is 0 Å². The van der Waals surface area contributed by atoms with E-state index in [1.54, 1.807) is 19.1 Å². The van der Waals surface area contributed by atoms with Gasteiger partial charge in [-0.15, -0.1) is 0 Å². The second kappa shape index (κ2) is 9.98. The molecule has 12 heteroatoms. The van der Waals surface area contributed by atoms with Gasteiger partial charge in [-0.1, -0.05) is 17.7 Å². The van der Waals surface area contributed by atoms with Gasteiger partial charge in [0.2, 0.25) is 5.91 Å². The summed E-state index contributed by atoms with van der Waals surface area (Å²) in [5.41, 5.74) is 1.53. The zero-order chi connectivity index (χ0) is 24.4. The van der Waals surface area contributed by atoms with Gasteiger partial charge >= 0.3 is 0 Å². The van der Waals surface area contributed by atoms with Crippen LogP contribution in [0.5, 0.6) is 0 Å². The van der Waals surface area contributed by atoms with E-state index in [1.165, 1.54) is 48.7 Å². The van der Waals surface area contributed by atoms with Crippen LogP contribution in [0.3, 0.4) is 0 Å². The predicted octanol–water partition coefficient (Wildman–Crippen LogP) is 2.91. The van der Waals surface area contributed by atoms with Crippen molar-refractivity contribution in [1.29, 1.82) is 0 Å². The molecule has 33 heavy (non-hydrogen) atoms. The first-order chi connectivity index (χ1) is 15.4. The second-order valence-corrected chi connectivity index (χ2v) is 12.3. The fraction of sp³-hybridized carbons (Fsp3) is 0.381. The minimum Gasteiger partial charge on any atom is -0.326 e. The van der Waals surface area contributed by atoms with Gasteiger partial charge in [0.15, 0.2) is 0 Å². The fourth-order valence-corrected chi connectivity index (χ4v) is 5.95. The molecule has 2 N–H and O–H groups in total. The summed E-state index contributed by atoms with van der Waals surface area (Å²) in [5.74, 6) is -0.804. The number of benzene rings is 2. The minimum atomic E-state index is -3.85. The summed E-state index contributed by atoms with van der Waals surface area (Å²) in [5, 5.41) is 3.16. The van der Waals surface area contributed by atoms with E-state index in [9.17, 15) is 21.6 Å². The topological polar surface area (TPSA) is 116 Å². The Hall–Kier alpha value is -2.18. The van der Waals surface area contributed by atoms with Crippen molar-refractivity contribution < 1.29 is 21.6 Å². The van der Waals surface area contributed by atoms with Crippen LogP contribution in [0.15, 0.2) is 47.4 Å². The Morgan fingerprint density at radius 2 is 1.76 bits per heavy atom. The van der Waals surface area contributed by atoms with Crippen molar-refractivity contribution in [2.45, 2.75) is 24.7 Å². The largest absolute Gasteiger partial charge is 0.326 e. The van der Waals surface area contributed by atoms with Crippen LogP contribution in [0, 0.1) is 12.8 Å². The number of carbonyl (C=O) groups is 1. The molecule has 1 fully saturated rings. The monoisotopic (exact) mass is 514 g/mol. The number of carbonyl (C=O) groups excluding carboxylic acids is 1. The molecular weight excluding hydrogens is 488 g/mol. The number of halogens is 1. The number of aryl methyl sites for hydroxylation is 1. The Morgan fingerprint density at radius 1 is 1.09 bits per heavy atom. The van der Waals surface area contributed by atoms with E-state index >= 15 is 0 Å². The van der Waals surface area contributed by atoms with Crippen molar-refractivity contribution >= 4 is 49.1 Å². The lowest BCUT2D eigenvalue weighted by Crippen LogP contribution is -2.47. The molecule has 180 valence electrons. The van der Waals surface area contributed by atoms with Crippen molar-refractivity contribution in [2.24, 2.45) is 5.92 Å². The van der Waals surface area contributed by atoms with Crippen LogP contribution >= 0.6 is 11.6 Å². The van der Waals surface area contributed by atoms with Crippen LogP contribution < -0.4 is 10.0 Å². The maximum absolute atomic E-state index is 12.7. The van der Waals surface area contributed by atoms with E-state index in [0.29, 0.717) is 35.8 Å². The number of anilines is 2. The average Bonchev–Trinajstić information content (AvgIpc) is 2.76. The molecule has 3 rings (SSSR count). The van der Waals surface area contributed by atoms with Crippen LogP contribution in [0.25, 0.3) is 0 Å². The van der Waals surface area contributed by atoms with E-state index in [4.69, 9.17) is 11.6 Å². The molecule has 1 aliphatic rings. The molecule has 0 aliphatic carbocycles. The normalized spacial score (nSPS) is 17.7. The molecule has 0 bridgehead atoms.